The molecule has 0 spiro atoms. The number of ether oxygens (including phenoxy) is 2. The van der Waals surface area contributed by atoms with Gasteiger partial charge in [0.2, 0.25) is 0 Å². The fraction of sp³-hybridized carbons (Fsp3) is 0.800. The molecule has 0 bridgehead atoms. The van der Waals surface area contributed by atoms with Crippen LogP contribution in [-0.4, -0.2) is 19.9 Å². The van der Waals surface area contributed by atoms with E-state index in [1.807, 2.05) is 13.8 Å². The van der Waals surface area contributed by atoms with Gasteiger partial charge in [0.05, 0.1) is 0 Å². The van der Waals surface area contributed by atoms with E-state index in [0.29, 0.717) is 13.5 Å². The van der Waals surface area contributed by atoms with Gasteiger partial charge in [-0.2, -0.15) is 0 Å². The highest BCUT2D eigenvalue weighted by Crippen LogP contribution is 1.81. The molecule has 48 valence electrons. The monoisotopic (exact) mass is 117 g/mol. The Kier molecular flexibility index (Phi) is 5.97. The summed E-state index contributed by atoms with van der Waals surface area (Å²) in [5.74, 6) is 0. The lowest BCUT2D eigenvalue weighted by atomic mass is 11.0. The van der Waals surface area contributed by atoms with Crippen LogP contribution in [0.1, 0.15) is 13.8 Å². The molecule has 3 heteroatoms. The van der Waals surface area contributed by atoms with Crippen LogP contribution in [0.25, 0.3) is 0 Å². The van der Waals surface area contributed by atoms with Crippen LogP contribution in [-0.2, 0) is 9.47 Å². The van der Waals surface area contributed by atoms with E-state index < -0.39 is 0 Å². The Morgan fingerprint density at radius 3 is 2.38 bits per heavy atom. The van der Waals surface area contributed by atoms with Crippen molar-refractivity contribution >= 4 is 6.40 Å². The van der Waals surface area contributed by atoms with Crippen molar-refractivity contribution in [2.45, 2.75) is 13.8 Å². The first-order chi connectivity index (χ1) is 4.00. The van der Waals surface area contributed by atoms with E-state index >= 15 is 0 Å². The second kappa shape index (κ2) is 6.43. The van der Waals surface area contributed by atoms with Crippen LogP contribution in [0.4, 0.5) is 0 Å². The summed E-state index contributed by atoms with van der Waals surface area (Å²) in [6.45, 7) is 4.80. The van der Waals surface area contributed by atoms with Gasteiger partial charge in [0.25, 0.3) is 0 Å². The molecule has 1 heterocycles. The topological polar surface area (TPSA) is 30.8 Å². The van der Waals surface area contributed by atoms with E-state index in [-0.39, 0.29) is 0 Å². The Hall–Kier alpha value is -0.570. The van der Waals surface area contributed by atoms with Crippen molar-refractivity contribution in [3.63, 3.8) is 0 Å². The minimum absolute atomic E-state index is 0.351. The van der Waals surface area contributed by atoms with Gasteiger partial charge in [0, 0.05) is 0 Å². The van der Waals surface area contributed by atoms with Gasteiger partial charge in [-0.25, -0.2) is 4.99 Å². The predicted octanol–water partition coefficient (Wildman–Crippen LogP) is 1.00. The molecular formula is C5H11NO2. The maximum absolute atomic E-state index is 4.65. The van der Waals surface area contributed by atoms with Gasteiger partial charge in [-0.3, -0.25) is 0 Å². The zero-order chi connectivity index (χ0) is 6.24. The molecule has 0 aromatic heterocycles. The molecule has 8 heavy (non-hydrogen) atoms. The van der Waals surface area contributed by atoms with Crippen LogP contribution in [0.3, 0.4) is 0 Å². The van der Waals surface area contributed by atoms with E-state index in [1.54, 1.807) is 0 Å². The van der Waals surface area contributed by atoms with E-state index in [2.05, 4.69) is 14.5 Å². The second-order valence-corrected chi connectivity index (χ2v) is 0.906. The van der Waals surface area contributed by atoms with Gasteiger partial charge in [-0.15, -0.1) is 0 Å². The van der Waals surface area contributed by atoms with Crippen LogP contribution < -0.4 is 0 Å². The Labute approximate surface area is 49.3 Å². The van der Waals surface area contributed by atoms with E-state index in [1.165, 1.54) is 6.40 Å². The first-order valence-electron chi connectivity index (χ1n) is 2.68. The molecule has 0 N–H and O–H groups in total. The summed E-state index contributed by atoms with van der Waals surface area (Å²) in [4.78, 5) is 3.61. The van der Waals surface area contributed by atoms with Crippen LogP contribution in [0.2, 0.25) is 0 Å². The van der Waals surface area contributed by atoms with Crippen LogP contribution in [0, 0.1) is 0 Å². The molecular weight excluding hydrogens is 106 g/mol. The molecule has 1 rings (SSSR count). The highest BCUT2D eigenvalue weighted by atomic mass is 16.7. The highest BCUT2D eigenvalue weighted by molar-refractivity contribution is 5.46. The number of rotatable bonds is 0. The molecule has 1 aliphatic heterocycles. The van der Waals surface area contributed by atoms with Crippen molar-refractivity contribution in [3.8, 4) is 0 Å². The van der Waals surface area contributed by atoms with E-state index in [9.17, 15) is 0 Å². The molecule has 0 amide bonds. The summed E-state index contributed by atoms with van der Waals surface area (Å²) in [5, 5.41) is 0. The lowest BCUT2D eigenvalue weighted by Crippen LogP contribution is -2.04. The Morgan fingerprint density at radius 2 is 2.25 bits per heavy atom. The van der Waals surface area contributed by atoms with Crippen molar-refractivity contribution in [1.29, 1.82) is 0 Å². The Balaban J connectivity index is 0.000000222. The zero-order valence-corrected chi connectivity index (χ0v) is 5.26. The van der Waals surface area contributed by atoms with Gasteiger partial charge in [-0.05, 0) is 0 Å². The maximum Gasteiger partial charge on any atom is 0.192 e. The lowest BCUT2D eigenvalue weighted by Gasteiger charge is -2.02. The summed E-state index contributed by atoms with van der Waals surface area (Å²) in [5.41, 5.74) is 0. The molecule has 0 aromatic carbocycles. The molecule has 0 saturated heterocycles. The third-order valence-corrected chi connectivity index (χ3v) is 0.466. The standard InChI is InChI=1S/C3H5NO2.C2H6/c1-4-2-6-3-5-1;1-2/h1H,2-3H2;1-2H3. The van der Waals surface area contributed by atoms with Crippen molar-refractivity contribution in [3.05, 3.63) is 0 Å². The normalized spacial score (nSPS) is 15.8. The SMILES string of the molecule is C1=NCOCO1.CC. The largest absolute Gasteiger partial charge is 0.457 e. The van der Waals surface area contributed by atoms with Crippen molar-refractivity contribution < 1.29 is 9.47 Å². The quantitative estimate of drug-likeness (QED) is 0.474. The first-order valence-corrected chi connectivity index (χ1v) is 2.68. The minimum Gasteiger partial charge on any atom is -0.457 e. The lowest BCUT2D eigenvalue weighted by molar-refractivity contribution is -0.00123. The van der Waals surface area contributed by atoms with E-state index in [0.717, 1.165) is 0 Å². The predicted molar refractivity (Wildman–Crippen MR) is 31.7 cm³/mol. The fourth-order valence-corrected chi connectivity index (χ4v) is 0.252. The second-order valence-electron chi connectivity index (χ2n) is 0.906. The summed E-state index contributed by atoms with van der Waals surface area (Å²) < 4.78 is 9.20. The van der Waals surface area contributed by atoms with Gasteiger partial charge >= 0.3 is 0 Å². The van der Waals surface area contributed by atoms with Crippen LogP contribution in [0.5, 0.6) is 0 Å². The Morgan fingerprint density at radius 1 is 1.50 bits per heavy atom. The highest BCUT2D eigenvalue weighted by Gasteiger charge is 1.85. The summed E-state index contributed by atoms with van der Waals surface area (Å²) in [7, 11) is 0. The molecule has 0 fully saturated rings. The fourth-order valence-electron chi connectivity index (χ4n) is 0.252. The third kappa shape index (κ3) is 3.61. The maximum atomic E-state index is 4.65. The number of aliphatic imine (C=N–C) groups is 1. The first kappa shape index (κ1) is 7.43. The van der Waals surface area contributed by atoms with Crippen LogP contribution in [0.15, 0.2) is 4.99 Å². The molecule has 0 saturated carbocycles. The molecule has 1 aliphatic rings. The smallest absolute Gasteiger partial charge is 0.192 e. The summed E-state index contributed by atoms with van der Waals surface area (Å²) >= 11 is 0. The van der Waals surface area contributed by atoms with Crippen LogP contribution >= 0.6 is 0 Å². The van der Waals surface area contributed by atoms with Gasteiger partial charge in [0.15, 0.2) is 13.2 Å². The molecule has 3 nitrogen and oxygen atoms in total. The number of nitrogens with zero attached hydrogens (tertiary/aromatic N) is 1. The number of hydrogen-bond donors (Lipinski definition) is 0. The summed E-state index contributed by atoms with van der Waals surface area (Å²) in [6, 6.07) is 0. The van der Waals surface area contributed by atoms with Gasteiger partial charge in [0.1, 0.15) is 6.73 Å². The van der Waals surface area contributed by atoms with Crippen molar-refractivity contribution in [1.82, 2.24) is 0 Å². The summed E-state index contributed by atoms with van der Waals surface area (Å²) in [6.07, 6.45) is 1.39. The third-order valence-electron chi connectivity index (χ3n) is 0.466. The molecule has 0 atom stereocenters. The average molecular weight is 117 g/mol. The van der Waals surface area contributed by atoms with Crippen molar-refractivity contribution in [2.24, 2.45) is 4.99 Å². The molecule has 0 radical (unpaired) electrons. The van der Waals surface area contributed by atoms with Gasteiger partial charge in [-0.1, -0.05) is 13.8 Å². The molecule has 0 unspecified atom stereocenters. The Bertz CT molecular complexity index is 55.4. The average Bonchev–Trinajstić information content (AvgIpc) is 1.96. The number of hydrogen-bond acceptors (Lipinski definition) is 3. The van der Waals surface area contributed by atoms with Gasteiger partial charge < -0.3 is 9.47 Å². The molecule has 0 aromatic rings. The minimum atomic E-state index is 0.351. The zero-order valence-electron chi connectivity index (χ0n) is 5.26. The van der Waals surface area contributed by atoms with E-state index in [4.69, 9.17) is 0 Å². The van der Waals surface area contributed by atoms with Crippen molar-refractivity contribution in [2.75, 3.05) is 13.5 Å². The molecule has 0 aliphatic carbocycles.